The van der Waals surface area contributed by atoms with E-state index in [4.69, 9.17) is 0 Å². The van der Waals surface area contributed by atoms with Crippen LogP contribution in [-0.4, -0.2) is 5.43 Å². The second kappa shape index (κ2) is 14.6. The quantitative estimate of drug-likeness (QED) is 0.181. The van der Waals surface area contributed by atoms with Gasteiger partial charge in [-0.3, -0.25) is 0 Å². The van der Waals surface area contributed by atoms with Crippen molar-refractivity contribution in [3.05, 3.63) is 145 Å². The molecule has 0 nitrogen and oxygen atoms in total. The van der Waals surface area contributed by atoms with Crippen molar-refractivity contribution < 1.29 is 48.1 Å². The summed E-state index contributed by atoms with van der Waals surface area (Å²) >= 11 is 1.74. The number of hydrogen-bond acceptors (Lipinski definition) is 0. The van der Waals surface area contributed by atoms with Gasteiger partial charge in [0.15, 0.2) is 0 Å². The molecule has 0 aliphatic heterocycles. The summed E-state index contributed by atoms with van der Waals surface area (Å²) < 4.78 is 0. The van der Waals surface area contributed by atoms with E-state index in [2.05, 4.69) is 147 Å². The van der Waals surface area contributed by atoms with Gasteiger partial charge in [0.25, 0.3) is 0 Å². The van der Waals surface area contributed by atoms with E-state index in [0.29, 0.717) is 0 Å². The van der Waals surface area contributed by atoms with Gasteiger partial charge in [0.05, 0.1) is 0 Å². The Morgan fingerprint density at radius 1 is 0.548 bits per heavy atom. The van der Waals surface area contributed by atoms with Crippen LogP contribution < -0.4 is 24.8 Å². The summed E-state index contributed by atoms with van der Waals surface area (Å²) in [4.78, 5) is 0. The number of fused-ring (bicyclic) bond motifs is 6. The molecule has 42 heavy (non-hydrogen) atoms. The van der Waals surface area contributed by atoms with Crippen molar-refractivity contribution in [2.45, 2.75) is 25.9 Å². The van der Waals surface area contributed by atoms with E-state index in [9.17, 15) is 0 Å². The average molecular weight is 679 g/mol. The van der Waals surface area contributed by atoms with Crippen molar-refractivity contribution in [2.24, 2.45) is 0 Å². The third-order valence-corrected chi connectivity index (χ3v) is 7.55. The van der Waals surface area contributed by atoms with E-state index in [1.54, 1.807) is 23.3 Å². The minimum atomic E-state index is 0. The van der Waals surface area contributed by atoms with Crippen LogP contribution in [-0.2, 0) is 23.3 Å². The van der Waals surface area contributed by atoms with Gasteiger partial charge in [-0.05, 0) is 12.8 Å². The van der Waals surface area contributed by atoms with Crippen molar-refractivity contribution >= 4 is 59.7 Å². The van der Waals surface area contributed by atoms with Crippen LogP contribution in [0.3, 0.4) is 0 Å². The topological polar surface area (TPSA) is 0 Å². The summed E-state index contributed by atoms with van der Waals surface area (Å²) in [6, 6.07) is 35.2. The average Bonchev–Trinajstić information content (AvgIpc) is 3.78. The number of hydrogen-bond donors (Lipinski definition) is 0. The molecule has 6 aromatic carbocycles. The normalized spacial score (nSPS) is 13.1. The van der Waals surface area contributed by atoms with Gasteiger partial charge in [-0.15, -0.1) is 67.4 Å². The first-order chi connectivity index (χ1) is 19.6. The number of benzene rings is 4. The molecule has 0 atom stereocenters. The molecule has 0 aromatic heterocycles. The maximum Gasteiger partial charge on any atom is -1.00 e. The summed E-state index contributed by atoms with van der Waals surface area (Å²) in [6.45, 7) is 4.62. The molecule has 8 rings (SSSR count). The zero-order valence-corrected chi connectivity index (χ0v) is 28.8. The van der Waals surface area contributed by atoms with Gasteiger partial charge in [-0.2, -0.15) is 0 Å². The van der Waals surface area contributed by atoms with Gasteiger partial charge < -0.3 is 24.8 Å². The Kier molecular flexibility index (Phi) is 11.2. The summed E-state index contributed by atoms with van der Waals surface area (Å²) in [6.07, 6.45) is 15.3. The fourth-order valence-corrected chi connectivity index (χ4v) is 5.81. The molecule has 6 aromatic rings. The van der Waals surface area contributed by atoms with Crippen molar-refractivity contribution in [3.63, 3.8) is 0 Å². The molecule has 0 spiro atoms. The zero-order chi connectivity index (χ0) is 27.5. The van der Waals surface area contributed by atoms with Gasteiger partial charge in [-0.1, -0.05) is 132 Å². The molecule has 0 unspecified atom stereocenters. The van der Waals surface area contributed by atoms with Gasteiger partial charge in [-0.25, -0.2) is 0 Å². The predicted molar refractivity (Wildman–Crippen MR) is 175 cm³/mol. The number of rotatable bonds is 2. The van der Waals surface area contributed by atoms with Crippen LogP contribution in [0, 0.1) is 0 Å². The number of halogens is 2. The molecule has 0 saturated heterocycles. The molecule has 0 N–H and O–H groups in total. The van der Waals surface area contributed by atoms with Crippen LogP contribution in [0.15, 0.2) is 134 Å². The summed E-state index contributed by atoms with van der Waals surface area (Å²) in [7, 11) is 0. The standard InChI is InChI=1S/2C18H13.C2H6Si.2ClH.Zr/c2*1-2-7-13(6-1)15-10-5-11-17-16-9-4-3-8-14(16)12-18(15)17;1-3-2;;;/h2*1-6,8-12H,7H2;1-2H3;2*1H;/q2*-1;;;;+2/p-2. The van der Waals surface area contributed by atoms with Crippen LogP contribution in [0.4, 0.5) is 0 Å². The van der Waals surface area contributed by atoms with E-state index >= 15 is 0 Å². The molecular weight excluding hydrogens is 647 g/mol. The number of allylic oxidation sites excluding steroid dienone is 8. The predicted octanol–water partition coefficient (Wildman–Crippen LogP) is 4.90. The maximum atomic E-state index is 2.32. The maximum absolute atomic E-state index is 2.32. The SMILES string of the molecule is C1=CCC(c2cccc3c2[cH-]c2ccccc23)=C1.C1=CCC(c2cccc3c2[cH-]c2ccccc23)=C1.C[Si](C)=[Zr+2].[Cl-].[Cl-]. The molecule has 2 aliphatic rings. The first-order valence-electron chi connectivity index (χ1n) is 14.0. The Labute approximate surface area is 276 Å². The van der Waals surface area contributed by atoms with Gasteiger partial charge in [0.1, 0.15) is 0 Å². The minimum Gasteiger partial charge on any atom is -1.00 e. The molecule has 4 heteroatoms. The van der Waals surface area contributed by atoms with Crippen molar-refractivity contribution in [1.82, 2.24) is 0 Å². The third-order valence-electron chi connectivity index (χ3n) is 7.55. The van der Waals surface area contributed by atoms with Crippen LogP contribution in [0.25, 0.3) is 54.2 Å². The molecule has 0 fully saturated rings. The van der Waals surface area contributed by atoms with Crippen molar-refractivity contribution in [2.75, 3.05) is 0 Å². The minimum absolute atomic E-state index is 0. The molecule has 0 radical (unpaired) electrons. The second-order valence-corrected chi connectivity index (χ2v) is 20.0. The smallest absolute Gasteiger partial charge is 1.00 e. The Morgan fingerprint density at radius 2 is 0.929 bits per heavy atom. The van der Waals surface area contributed by atoms with Crippen molar-refractivity contribution in [1.29, 1.82) is 0 Å². The Bertz CT molecular complexity index is 1850. The van der Waals surface area contributed by atoms with E-state index in [-0.39, 0.29) is 30.2 Å². The van der Waals surface area contributed by atoms with E-state index < -0.39 is 0 Å². The van der Waals surface area contributed by atoms with Crippen LogP contribution in [0.1, 0.15) is 24.0 Å². The Hall–Kier alpha value is -2.74. The molecule has 0 bridgehead atoms. The molecule has 2 aliphatic carbocycles. The zero-order valence-electron chi connectivity index (χ0n) is 23.9. The second-order valence-electron chi connectivity index (χ2n) is 10.6. The van der Waals surface area contributed by atoms with Gasteiger partial charge in [0, 0.05) is 0 Å². The molecule has 0 heterocycles. The van der Waals surface area contributed by atoms with E-state index in [0.717, 1.165) is 12.8 Å². The molecule has 208 valence electrons. The monoisotopic (exact) mass is 676 g/mol. The van der Waals surface area contributed by atoms with Crippen molar-refractivity contribution in [3.8, 4) is 0 Å². The Balaban J connectivity index is 0.000000165. The Morgan fingerprint density at radius 3 is 1.31 bits per heavy atom. The first kappa shape index (κ1) is 32.2. The van der Waals surface area contributed by atoms with Gasteiger partial charge in [0.2, 0.25) is 0 Å². The molecular formula is C38H32Cl2SiZr-2. The molecule has 0 amide bonds. The van der Waals surface area contributed by atoms with Crippen LogP contribution in [0.5, 0.6) is 0 Å². The van der Waals surface area contributed by atoms with Gasteiger partial charge >= 0.3 is 41.9 Å². The van der Waals surface area contributed by atoms with E-state index in [1.807, 2.05) is 0 Å². The molecule has 0 saturated carbocycles. The third kappa shape index (κ3) is 6.74. The van der Waals surface area contributed by atoms with E-state index in [1.165, 1.54) is 65.4 Å². The summed E-state index contributed by atoms with van der Waals surface area (Å²) in [5.74, 6) is 0. The van der Waals surface area contributed by atoms with Crippen LogP contribution >= 0.6 is 0 Å². The fraction of sp³-hybridized carbons (Fsp3) is 0.105. The largest absolute Gasteiger partial charge is 1.00 e. The summed E-state index contributed by atoms with van der Waals surface area (Å²) in [5, 5.41) is 10.9. The summed E-state index contributed by atoms with van der Waals surface area (Å²) in [5.41, 5.74) is 5.83. The fourth-order valence-electron chi connectivity index (χ4n) is 5.81. The first-order valence-corrected chi connectivity index (χ1v) is 20.2. The van der Waals surface area contributed by atoms with Crippen LogP contribution in [0.2, 0.25) is 13.1 Å².